The van der Waals surface area contributed by atoms with E-state index in [2.05, 4.69) is 15.2 Å². The zero-order valence-electron chi connectivity index (χ0n) is 14.8. The summed E-state index contributed by atoms with van der Waals surface area (Å²) in [5, 5.41) is 2.65. The summed E-state index contributed by atoms with van der Waals surface area (Å²) in [6.07, 6.45) is -2.41. The zero-order valence-corrected chi connectivity index (χ0v) is 14.8. The Bertz CT molecular complexity index is 788. The van der Waals surface area contributed by atoms with Crippen molar-refractivity contribution < 1.29 is 22.7 Å². The molecular formula is C19H20F3N3O2. The van der Waals surface area contributed by atoms with Crippen LogP contribution in [0.15, 0.2) is 42.7 Å². The molecule has 1 amide bonds. The Balaban J connectivity index is 1.49. The Morgan fingerprint density at radius 3 is 2.52 bits per heavy atom. The van der Waals surface area contributed by atoms with Gasteiger partial charge in [-0.3, -0.25) is 14.7 Å². The number of carbonyl (C=O) groups is 1. The van der Waals surface area contributed by atoms with Gasteiger partial charge in [-0.05, 0) is 17.2 Å². The minimum Gasteiger partial charge on any atom is -0.487 e. The third-order valence-electron chi connectivity index (χ3n) is 4.45. The molecule has 1 fully saturated rings. The van der Waals surface area contributed by atoms with Crippen LogP contribution in [0.1, 0.15) is 16.7 Å². The molecule has 5 nitrogen and oxygen atoms in total. The van der Waals surface area contributed by atoms with Crippen LogP contribution in [0.25, 0.3) is 0 Å². The van der Waals surface area contributed by atoms with E-state index in [0.29, 0.717) is 0 Å². The molecule has 0 unspecified atom stereocenters. The van der Waals surface area contributed by atoms with Gasteiger partial charge in [0.15, 0.2) is 0 Å². The largest absolute Gasteiger partial charge is 0.487 e. The van der Waals surface area contributed by atoms with E-state index in [4.69, 9.17) is 4.74 Å². The molecule has 1 saturated heterocycles. The van der Waals surface area contributed by atoms with Gasteiger partial charge in [-0.15, -0.1) is 0 Å². The predicted octanol–water partition coefficient (Wildman–Crippen LogP) is 2.86. The maximum absolute atomic E-state index is 12.7. The average molecular weight is 379 g/mol. The van der Waals surface area contributed by atoms with E-state index >= 15 is 0 Å². The summed E-state index contributed by atoms with van der Waals surface area (Å²) in [7, 11) is 1.64. The number of hydrogen-bond donors (Lipinski definition) is 1. The van der Waals surface area contributed by atoms with Gasteiger partial charge >= 0.3 is 6.18 Å². The number of nitrogens with one attached hydrogen (secondary N) is 1. The van der Waals surface area contributed by atoms with Gasteiger partial charge < -0.3 is 10.1 Å². The summed E-state index contributed by atoms with van der Waals surface area (Å²) >= 11 is 0. The smallest absolute Gasteiger partial charge is 0.418 e. The standard InChI is InChI=1S/C19H20F3N3O2/c1-23-18(26)15-10-25(11-15)9-13-2-4-14(5-3-13)12-27-17-6-16(7-24-8-17)19(20,21)22/h2-8,15H,9-12H2,1H3,(H,23,26). The Labute approximate surface area is 155 Å². The summed E-state index contributed by atoms with van der Waals surface area (Å²) < 4.78 is 43.5. The minimum atomic E-state index is -4.44. The lowest BCUT2D eigenvalue weighted by molar-refractivity contribution is -0.138. The second-order valence-electron chi connectivity index (χ2n) is 6.52. The molecule has 1 aliphatic heterocycles. The van der Waals surface area contributed by atoms with Crippen molar-refractivity contribution in [1.29, 1.82) is 0 Å². The van der Waals surface area contributed by atoms with Crippen molar-refractivity contribution in [3.05, 3.63) is 59.4 Å². The van der Waals surface area contributed by atoms with Crippen molar-refractivity contribution in [2.45, 2.75) is 19.3 Å². The predicted molar refractivity (Wildman–Crippen MR) is 92.8 cm³/mol. The molecule has 2 heterocycles. The monoisotopic (exact) mass is 379 g/mol. The molecule has 144 valence electrons. The topological polar surface area (TPSA) is 54.5 Å². The van der Waals surface area contributed by atoms with Crippen molar-refractivity contribution >= 4 is 5.91 Å². The molecule has 1 aromatic heterocycles. The quantitative estimate of drug-likeness (QED) is 0.839. The molecule has 0 saturated carbocycles. The number of carbonyl (C=O) groups excluding carboxylic acids is 1. The normalized spacial score (nSPS) is 15.3. The number of ether oxygens (including phenoxy) is 1. The van der Waals surface area contributed by atoms with Crippen molar-refractivity contribution in [3.8, 4) is 5.75 Å². The second-order valence-corrected chi connectivity index (χ2v) is 6.52. The molecule has 0 radical (unpaired) electrons. The summed E-state index contributed by atoms with van der Waals surface area (Å²) in [5.74, 6) is 0.210. The van der Waals surface area contributed by atoms with Crippen LogP contribution in [-0.2, 0) is 24.1 Å². The first-order chi connectivity index (χ1) is 12.8. The van der Waals surface area contributed by atoms with Gasteiger partial charge in [0.05, 0.1) is 17.7 Å². The molecule has 0 spiro atoms. The number of benzene rings is 1. The molecule has 8 heteroatoms. The lowest BCUT2D eigenvalue weighted by Gasteiger charge is -2.38. The maximum Gasteiger partial charge on any atom is 0.418 e. The minimum absolute atomic E-state index is 0.0590. The van der Waals surface area contributed by atoms with Gasteiger partial charge in [-0.2, -0.15) is 13.2 Å². The summed E-state index contributed by atoms with van der Waals surface area (Å²) in [6.45, 7) is 2.40. The van der Waals surface area contributed by atoms with Gasteiger partial charge in [-0.1, -0.05) is 24.3 Å². The molecule has 27 heavy (non-hydrogen) atoms. The van der Waals surface area contributed by atoms with Crippen LogP contribution in [0.4, 0.5) is 13.2 Å². The fourth-order valence-electron chi connectivity index (χ4n) is 2.89. The van der Waals surface area contributed by atoms with E-state index in [0.717, 1.165) is 43.0 Å². The number of hydrogen-bond acceptors (Lipinski definition) is 4. The van der Waals surface area contributed by atoms with Crippen molar-refractivity contribution in [1.82, 2.24) is 15.2 Å². The first kappa shape index (κ1) is 19.2. The van der Waals surface area contributed by atoms with Crippen LogP contribution in [0, 0.1) is 5.92 Å². The van der Waals surface area contributed by atoms with Crippen LogP contribution in [0.3, 0.4) is 0 Å². The number of pyridine rings is 1. The lowest BCUT2D eigenvalue weighted by Crippen LogP contribution is -2.52. The molecule has 1 aromatic carbocycles. The highest BCUT2D eigenvalue weighted by atomic mass is 19.4. The third-order valence-corrected chi connectivity index (χ3v) is 4.45. The highest BCUT2D eigenvalue weighted by molar-refractivity contribution is 5.79. The third kappa shape index (κ3) is 4.97. The molecule has 2 aromatic rings. The fourth-order valence-corrected chi connectivity index (χ4v) is 2.89. The number of amides is 1. The Morgan fingerprint density at radius 2 is 1.89 bits per heavy atom. The van der Waals surface area contributed by atoms with E-state index in [-0.39, 0.29) is 24.2 Å². The lowest BCUT2D eigenvalue weighted by atomic mass is 9.98. The number of likely N-dealkylation sites (tertiary alicyclic amines) is 1. The summed E-state index contributed by atoms with van der Waals surface area (Å²) in [5.41, 5.74) is 1.12. The molecule has 0 bridgehead atoms. The molecule has 0 aliphatic carbocycles. The zero-order chi connectivity index (χ0) is 19.4. The summed E-state index contributed by atoms with van der Waals surface area (Å²) in [6, 6.07) is 8.61. The SMILES string of the molecule is CNC(=O)C1CN(Cc2ccc(COc3cncc(C(F)(F)F)c3)cc2)C1. The van der Waals surface area contributed by atoms with Gasteiger partial charge in [0.1, 0.15) is 12.4 Å². The Hall–Kier alpha value is -2.61. The van der Waals surface area contributed by atoms with Crippen molar-refractivity contribution in [3.63, 3.8) is 0 Å². The number of nitrogens with zero attached hydrogens (tertiary/aromatic N) is 2. The van der Waals surface area contributed by atoms with Crippen LogP contribution in [-0.4, -0.2) is 35.9 Å². The molecule has 1 N–H and O–H groups in total. The Kier molecular flexibility index (Phi) is 5.65. The van der Waals surface area contributed by atoms with Gasteiger partial charge in [0.2, 0.25) is 5.91 Å². The number of alkyl halides is 3. The van der Waals surface area contributed by atoms with Gasteiger partial charge in [0.25, 0.3) is 0 Å². The van der Waals surface area contributed by atoms with Crippen molar-refractivity contribution in [2.75, 3.05) is 20.1 Å². The maximum atomic E-state index is 12.7. The van der Waals surface area contributed by atoms with E-state index in [1.54, 1.807) is 7.05 Å². The molecule has 0 atom stereocenters. The van der Waals surface area contributed by atoms with E-state index in [1.165, 1.54) is 6.20 Å². The summed E-state index contributed by atoms with van der Waals surface area (Å²) in [4.78, 5) is 17.2. The molecule has 3 rings (SSSR count). The van der Waals surface area contributed by atoms with E-state index in [9.17, 15) is 18.0 Å². The van der Waals surface area contributed by atoms with Crippen LogP contribution in [0.2, 0.25) is 0 Å². The Morgan fingerprint density at radius 1 is 1.22 bits per heavy atom. The van der Waals surface area contributed by atoms with E-state index < -0.39 is 11.7 Å². The van der Waals surface area contributed by atoms with E-state index in [1.807, 2.05) is 24.3 Å². The van der Waals surface area contributed by atoms with Crippen LogP contribution < -0.4 is 10.1 Å². The highest BCUT2D eigenvalue weighted by Crippen LogP contribution is 2.30. The first-order valence-corrected chi connectivity index (χ1v) is 8.52. The fraction of sp³-hybridized carbons (Fsp3) is 0.368. The second kappa shape index (κ2) is 7.96. The van der Waals surface area contributed by atoms with Gasteiger partial charge in [0, 0.05) is 32.9 Å². The van der Waals surface area contributed by atoms with Gasteiger partial charge in [-0.25, -0.2) is 0 Å². The number of rotatable bonds is 6. The van der Waals surface area contributed by atoms with Crippen molar-refractivity contribution in [2.24, 2.45) is 5.92 Å². The van der Waals surface area contributed by atoms with Crippen LogP contribution in [0.5, 0.6) is 5.75 Å². The highest BCUT2D eigenvalue weighted by Gasteiger charge is 2.32. The number of halogens is 3. The van der Waals surface area contributed by atoms with Crippen LogP contribution >= 0.6 is 0 Å². The average Bonchev–Trinajstić information content (AvgIpc) is 2.62. The molecule has 1 aliphatic rings. The first-order valence-electron chi connectivity index (χ1n) is 8.52. The number of aromatic nitrogens is 1. The molecular weight excluding hydrogens is 359 g/mol.